The quantitative estimate of drug-likeness (QED) is 0.758. The zero-order chi connectivity index (χ0) is 11.3. The van der Waals surface area contributed by atoms with E-state index in [4.69, 9.17) is 5.73 Å². The minimum Gasteiger partial charge on any atom is -0.330 e. The standard InChI is InChI=1S/C13H28N2/c1-4-12(5-2)9-15-10-13(8-14)7-6-11(15)3/h11-13H,4-10,14H2,1-3H3. The zero-order valence-electron chi connectivity index (χ0n) is 10.7. The molecule has 2 heteroatoms. The summed E-state index contributed by atoms with van der Waals surface area (Å²) in [5, 5.41) is 0. The van der Waals surface area contributed by atoms with Gasteiger partial charge in [-0.1, -0.05) is 26.7 Å². The fourth-order valence-electron chi connectivity index (χ4n) is 2.59. The highest BCUT2D eigenvalue weighted by atomic mass is 15.2. The molecule has 2 unspecified atom stereocenters. The molecule has 90 valence electrons. The Hall–Kier alpha value is -0.0800. The van der Waals surface area contributed by atoms with Gasteiger partial charge in [0.1, 0.15) is 0 Å². The smallest absolute Gasteiger partial charge is 0.00672 e. The maximum absolute atomic E-state index is 5.78. The number of piperidine rings is 1. The molecule has 1 rings (SSSR count). The summed E-state index contributed by atoms with van der Waals surface area (Å²) in [6.07, 6.45) is 5.29. The average Bonchev–Trinajstić information content (AvgIpc) is 2.28. The van der Waals surface area contributed by atoms with Crippen LogP contribution in [0.4, 0.5) is 0 Å². The highest BCUT2D eigenvalue weighted by molar-refractivity contribution is 4.80. The van der Waals surface area contributed by atoms with Crippen molar-refractivity contribution < 1.29 is 0 Å². The molecule has 0 saturated carbocycles. The van der Waals surface area contributed by atoms with Gasteiger partial charge < -0.3 is 10.6 Å². The van der Waals surface area contributed by atoms with Gasteiger partial charge in [-0.2, -0.15) is 0 Å². The van der Waals surface area contributed by atoms with Crippen LogP contribution in [-0.2, 0) is 0 Å². The summed E-state index contributed by atoms with van der Waals surface area (Å²) in [7, 11) is 0. The summed E-state index contributed by atoms with van der Waals surface area (Å²) >= 11 is 0. The van der Waals surface area contributed by atoms with Gasteiger partial charge in [-0.3, -0.25) is 0 Å². The lowest BCUT2D eigenvalue weighted by Gasteiger charge is -2.39. The van der Waals surface area contributed by atoms with E-state index in [9.17, 15) is 0 Å². The molecule has 1 fully saturated rings. The van der Waals surface area contributed by atoms with Crippen molar-refractivity contribution in [3.8, 4) is 0 Å². The molecule has 1 aliphatic heterocycles. The Kier molecular flexibility index (Phi) is 5.62. The molecule has 0 bridgehead atoms. The van der Waals surface area contributed by atoms with Gasteiger partial charge in [-0.25, -0.2) is 0 Å². The first-order chi connectivity index (χ1) is 7.21. The molecule has 0 aromatic carbocycles. The molecule has 0 aliphatic carbocycles. The molecule has 1 saturated heterocycles. The lowest BCUT2D eigenvalue weighted by molar-refractivity contribution is 0.0994. The summed E-state index contributed by atoms with van der Waals surface area (Å²) in [5.74, 6) is 1.62. The predicted molar refractivity (Wildman–Crippen MR) is 66.9 cm³/mol. The van der Waals surface area contributed by atoms with Crippen LogP contribution in [0.5, 0.6) is 0 Å². The van der Waals surface area contributed by atoms with Gasteiger partial charge in [0.2, 0.25) is 0 Å². The lowest BCUT2D eigenvalue weighted by atomic mass is 9.91. The van der Waals surface area contributed by atoms with Gasteiger partial charge in [0.25, 0.3) is 0 Å². The van der Waals surface area contributed by atoms with Crippen LogP contribution in [0.3, 0.4) is 0 Å². The molecule has 2 atom stereocenters. The number of hydrogen-bond donors (Lipinski definition) is 1. The summed E-state index contributed by atoms with van der Waals surface area (Å²) in [6.45, 7) is 10.4. The summed E-state index contributed by atoms with van der Waals surface area (Å²) < 4.78 is 0. The molecule has 0 aromatic rings. The monoisotopic (exact) mass is 212 g/mol. The highest BCUT2D eigenvalue weighted by Crippen LogP contribution is 2.23. The van der Waals surface area contributed by atoms with Crippen molar-refractivity contribution in [2.45, 2.75) is 52.5 Å². The van der Waals surface area contributed by atoms with E-state index in [1.54, 1.807) is 0 Å². The van der Waals surface area contributed by atoms with Crippen LogP contribution < -0.4 is 5.73 Å². The van der Waals surface area contributed by atoms with E-state index in [0.29, 0.717) is 0 Å². The number of likely N-dealkylation sites (tertiary alicyclic amines) is 1. The second kappa shape index (κ2) is 6.49. The van der Waals surface area contributed by atoms with E-state index in [2.05, 4.69) is 25.7 Å². The Morgan fingerprint density at radius 3 is 2.47 bits per heavy atom. The summed E-state index contributed by atoms with van der Waals surface area (Å²) in [5.41, 5.74) is 5.78. The van der Waals surface area contributed by atoms with E-state index < -0.39 is 0 Å². The van der Waals surface area contributed by atoms with Crippen LogP contribution in [0.1, 0.15) is 46.5 Å². The van der Waals surface area contributed by atoms with E-state index in [1.165, 1.54) is 38.8 Å². The molecular formula is C13H28N2. The van der Waals surface area contributed by atoms with Crippen molar-refractivity contribution in [1.29, 1.82) is 0 Å². The average molecular weight is 212 g/mol. The van der Waals surface area contributed by atoms with E-state index in [0.717, 1.165) is 24.4 Å². The Bertz CT molecular complexity index is 166. The van der Waals surface area contributed by atoms with E-state index in [1.807, 2.05) is 0 Å². The van der Waals surface area contributed by atoms with Crippen LogP contribution >= 0.6 is 0 Å². The normalized spacial score (nSPS) is 28.6. The maximum Gasteiger partial charge on any atom is 0.00672 e. The van der Waals surface area contributed by atoms with Crippen molar-refractivity contribution in [1.82, 2.24) is 4.90 Å². The van der Waals surface area contributed by atoms with Crippen LogP contribution in [0.25, 0.3) is 0 Å². The molecular weight excluding hydrogens is 184 g/mol. The lowest BCUT2D eigenvalue weighted by Crippen LogP contribution is -2.45. The highest BCUT2D eigenvalue weighted by Gasteiger charge is 2.25. The second-order valence-corrected chi connectivity index (χ2v) is 5.16. The molecule has 2 nitrogen and oxygen atoms in total. The van der Waals surface area contributed by atoms with Gasteiger partial charge in [0.05, 0.1) is 0 Å². The Morgan fingerprint density at radius 1 is 1.27 bits per heavy atom. The molecule has 0 aromatic heterocycles. The van der Waals surface area contributed by atoms with Gasteiger partial charge >= 0.3 is 0 Å². The zero-order valence-corrected chi connectivity index (χ0v) is 10.7. The Morgan fingerprint density at radius 2 is 1.93 bits per heavy atom. The van der Waals surface area contributed by atoms with Gasteiger partial charge in [-0.05, 0) is 38.1 Å². The van der Waals surface area contributed by atoms with E-state index in [-0.39, 0.29) is 0 Å². The van der Waals surface area contributed by atoms with Crippen LogP contribution in [-0.4, -0.2) is 30.6 Å². The molecule has 1 aliphatic rings. The van der Waals surface area contributed by atoms with Crippen molar-refractivity contribution in [3.63, 3.8) is 0 Å². The van der Waals surface area contributed by atoms with Gasteiger partial charge in [-0.15, -0.1) is 0 Å². The van der Waals surface area contributed by atoms with Gasteiger partial charge in [0, 0.05) is 19.1 Å². The molecule has 0 radical (unpaired) electrons. The topological polar surface area (TPSA) is 29.3 Å². The van der Waals surface area contributed by atoms with Crippen molar-refractivity contribution in [2.24, 2.45) is 17.6 Å². The Balaban J connectivity index is 2.43. The first-order valence-corrected chi connectivity index (χ1v) is 6.65. The SMILES string of the molecule is CCC(CC)CN1CC(CN)CCC1C. The maximum atomic E-state index is 5.78. The Labute approximate surface area is 95.2 Å². The first kappa shape index (κ1) is 13.0. The first-order valence-electron chi connectivity index (χ1n) is 6.65. The second-order valence-electron chi connectivity index (χ2n) is 5.16. The van der Waals surface area contributed by atoms with Crippen molar-refractivity contribution in [2.75, 3.05) is 19.6 Å². The number of hydrogen-bond acceptors (Lipinski definition) is 2. The summed E-state index contributed by atoms with van der Waals surface area (Å²) in [6, 6.07) is 0.772. The largest absolute Gasteiger partial charge is 0.330 e. The molecule has 1 heterocycles. The third-order valence-electron chi connectivity index (χ3n) is 4.09. The van der Waals surface area contributed by atoms with E-state index >= 15 is 0 Å². The minimum atomic E-state index is 0.746. The molecule has 0 amide bonds. The third kappa shape index (κ3) is 3.76. The fraction of sp³-hybridized carbons (Fsp3) is 1.00. The van der Waals surface area contributed by atoms with Crippen LogP contribution in [0, 0.1) is 11.8 Å². The van der Waals surface area contributed by atoms with Crippen LogP contribution in [0.2, 0.25) is 0 Å². The molecule has 2 N–H and O–H groups in total. The number of rotatable bonds is 5. The van der Waals surface area contributed by atoms with Crippen LogP contribution in [0.15, 0.2) is 0 Å². The fourth-order valence-corrected chi connectivity index (χ4v) is 2.59. The van der Waals surface area contributed by atoms with Gasteiger partial charge in [0.15, 0.2) is 0 Å². The minimum absolute atomic E-state index is 0.746. The van der Waals surface area contributed by atoms with Crippen molar-refractivity contribution >= 4 is 0 Å². The molecule has 15 heavy (non-hydrogen) atoms. The third-order valence-corrected chi connectivity index (χ3v) is 4.09. The predicted octanol–water partition coefficient (Wildman–Crippen LogP) is 2.48. The van der Waals surface area contributed by atoms with Crippen molar-refractivity contribution in [3.05, 3.63) is 0 Å². The summed E-state index contributed by atoms with van der Waals surface area (Å²) in [4.78, 5) is 2.67. The number of nitrogens with two attached hydrogens (primary N) is 1. The number of nitrogens with zero attached hydrogens (tertiary/aromatic N) is 1. The molecule has 0 spiro atoms.